The highest BCUT2D eigenvalue weighted by Gasteiger charge is 2.20. The molecule has 1 unspecified atom stereocenters. The summed E-state index contributed by atoms with van der Waals surface area (Å²) < 4.78 is 12.8. The number of ether oxygens (including phenoxy) is 2. The Balaban J connectivity index is 1.33. The number of aliphatic imine (C=N–C) groups is 1. The summed E-state index contributed by atoms with van der Waals surface area (Å²) in [7, 11) is 1.77. The summed E-state index contributed by atoms with van der Waals surface area (Å²) >= 11 is 3.47. The molecule has 6 nitrogen and oxygen atoms in total. The fraction of sp³-hybridized carbons (Fsp3) is 0.412. The lowest BCUT2D eigenvalue weighted by atomic mass is 10.2. The van der Waals surface area contributed by atoms with Crippen LogP contribution in [-0.4, -0.2) is 49.5 Å². The van der Waals surface area contributed by atoms with E-state index in [1.165, 1.54) is 0 Å². The number of nitrogens with zero attached hydrogens (tertiary/aromatic N) is 2. The number of aromatic nitrogens is 1. The van der Waals surface area contributed by atoms with E-state index in [0.29, 0.717) is 13.2 Å². The van der Waals surface area contributed by atoms with Crippen LogP contribution >= 0.6 is 23.1 Å². The maximum Gasteiger partial charge on any atom is 0.191 e. The highest BCUT2D eigenvalue weighted by molar-refractivity contribution is 8.00. The molecule has 1 aromatic carbocycles. The van der Waals surface area contributed by atoms with E-state index in [0.717, 1.165) is 40.5 Å². The van der Waals surface area contributed by atoms with Crippen molar-refractivity contribution < 1.29 is 9.47 Å². The molecule has 8 heteroatoms. The number of fused-ring (bicyclic) bond motifs is 1. The van der Waals surface area contributed by atoms with Gasteiger partial charge in [0.25, 0.3) is 0 Å². The first-order chi connectivity index (χ1) is 12.3. The maximum absolute atomic E-state index is 5.93. The molecule has 0 radical (unpaired) electrons. The van der Waals surface area contributed by atoms with E-state index in [1.54, 1.807) is 30.1 Å². The number of hydrogen-bond donors (Lipinski definition) is 2. The molecular formula is C17H22N4O2S2. The molecule has 0 fully saturated rings. The quantitative estimate of drug-likeness (QED) is 0.334. The third-order valence-corrected chi connectivity index (χ3v) is 5.59. The minimum atomic E-state index is -0.0334. The van der Waals surface area contributed by atoms with Crippen LogP contribution < -0.4 is 20.1 Å². The van der Waals surface area contributed by atoms with Gasteiger partial charge in [0.1, 0.15) is 17.1 Å². The highest BCUT2D eigenvalue weighted by Crippen LogP contribution is 2.30. The molecule has 0 saturated carbocycles. The van der Waals surface area contributed by atoms with Gasteiger partial charge in [0.2, 0.25) is 0 Å². The van der Waals surface area contributed by atoms with E-state index in [9.17, 15) is 0 Å². The van der Waals surface area contributed by atoms with Crippen LogP contribution in [0.15, 0.2) is 45.2 Å². The molecule has 2 N–H and O–H groups in total. The Kier molecular flexibility index (Phi) is 6.81. The predicted molar refractivity (Wildman–Crippen MR) is 103 cm³/mol. The second-order valence-electron chi connectivity index (χ2n) is 5.38. The van der Waals surface area contributed by atoms with Crippen LogP contribution in [0.1, 0.15) is 6.42 Å². The summed E-state index contributed by atoms with van der Waals surface area (Å²) in [6, 6.07) is 7.74. The molecule has 0 aliphatic carbocycles. The molecule has 1 aromatic heterocycles. The number of benzene rings is 1. The van der Waals surface area contributed by atoms with Crippen molar-refractivity contribution in [3.05, 3.63) is 35.8 Å². The summed E-state index contributed by atoms with van der Waals surface area (Å²) in [5.74, 6) is 3.41. The van der Waals surface area contributed by atoms with E-state index in [1.807, 2.05) is 35.8 Å². The predicted octanol–water partition coefficient (Wildman–Crippen LogP) is 2.63. The molecule has 2 heterocycles. The van der Waals surface area contributed by atoms with E-state index in [4.69, 9.17) is 9.47 Å². The molecule has 0 saturated heterocycles. The first-order valence-corrected chi connectivity index (χ1v) is 10.1. The molecule has 2 aromatic rings. The fourth-order valence-electron chi connectivity index (χ4n) is 2.31. The second-order valence-corrected chi connectivity index (χ2v) is 7.61. The molecule has 1 aliphatic rings. The maximum atomic E-state index is 5.93. The zero-order valence-corrected chi connectivity index (χ0v) is 15.7. The third-order valence-electron chi connectivity index (χ3n) is 3.54. The van der Waals surface area contributed by atoms with Gasteiger partial charge in [-0.25, -0.2) is 4.98 Å². The molecule has 0 amide bonds. The minimum absolute atomic E-state index is 0.0334. The SMILES string of the molecule is CN=C(NCCCSc1nccs1)NCC1COc2ccccc2O1. The fourth-order valence-corrected chi connectivity index (χ4v) is 3.96. The van der Waals surface area contributed by atoms with Crippen LogP contribution in [-0.2, 0) is 0 Å². The van der Waals surface area contributed by atoms with Crippen molar-refractivity contribution in [2.45, 2.75) is 16.9 Å². The third kappa shape index (κ3) is 5.54. The van der Waals surface area contributed by atoms with Crippen molar-refractivity contribution in [1.29, 1.82) is 0 Å². The highest BCUT2D eigenvalue weighted by atomic mass is 32.2. The molecule has 1 aliphatic heterocycles. The van der Waals surface area contributed by atoms with Gasteiger partial charge >= 0.3 is 0 Å². The molecule has 0 spiro atoms. The molecule has 25 heavy (non-hydrogen) atoms. The normalized spacial score (nSPS) is 16.5. The summed E-state index contributed by atoms with van der Waals surface area (Å²) in [6.45, 7) is 2.04. The van der Waals surface area contributed by atoms with Crippen LogP contribution in [0.2, 0.25) is 0 Å². The second kappa shape index (κ2) is 9.53. The summed E-state index contributed by atoms with van der Waals surface area (Å²) in [4.78, 5) is 8.51. The largest absolute Gasteiger partial charge is 0.486 e. The van der Waals surface area contributed by atoms with Gasteiger partial charge in [-0.15, -0.1) is 11.3 Å². The van der Waals surface area contributed by atoms with E-state index >= 15 is 0 Å². The smallest absolute Gasteiger partial charge is 0.191 e. The lowest BCUT2D eigenvalue weighted by Gasteiger charge is -2.27. The van der Waals surface area contributed by atoms with Crippen LogP contribution in [0.25, 0.3) is 0 Å². The van der Waals surface area contributed by atoms with Gasteiger partial charge in [-0.1, -0.05) is 23.9 Å². The number of hydrogen-bond acceptors (Lipinski definition) is 6. The van der Waals surface area contributed by atoms with E-state index < -0.39 is 0 Å². The zero-order valence-electron chi connectivity index (χ0n) is 14.1. The Hall–Kier alpha value is -1.93. The first kappa shape index (κ1) is 17.9. The van der Waals surface area contributed by atoms with Crippen LogP contribution in [0.4, 0.5) is 0 Å². The average molecular weight is 379 g/mol. The Morgan fingerprint density at radius 1 is 1.36 bits per heavy atom. The topological polar surface area (TPSA) is 67.8 Å². The Morgan fingerprint density at radius 3 is 3.04 bits per heavy atom. The van der Waals surface area contributed by atoms with E-state index in [-0.39, 0.29) is 6.10 Å². The number of nitrogens with one attached hydrogen (secondary N) is 2. The van der Waals surface area contributed by atoms with Crippen molar-refractivity contribution in [3.8, 4) is 11.5 Å². The number of guanidine groups is 1. The van der Waals surface area contributed by atoms with Gasteiger partial charge in [0, 0.05) is 30.9 Å². The lowest BCUT2D eigenvalue weighted by molar-refractivity contribution is 0.0936. The van der Waals surface area contributed by atoms with Gasteiger partial charge in [0.15, 0.2) is 17.5 Å². The standard InChI is InChI=1S/C17H22N4O2S2/c1-18-16(19-7-4-9-24-17-20-8-10-25-17)21-11-13-12-22-14-5-2-3-6-15(14)23-13/h2-3,5-6,8,10,13H,4,7,9,11-12H2,1H3,(H2,18,19,21). The Labute approximate surface area is 156 Å². The number of thiazole rings is 1. The van der Waals surface area contributed by atoms with Gasteiger partial charge in [0.05, 0.1) is 6.54 Å². The van der Waals surface area contributed by atoms with Crippen molar-refractivity contribution >= 4 is 29.1 Å². The zero-order chi connectivity index (χ0) is 17.3. The average Bonchev–Trinajstić information content (AvgIpc) is 3.17. The molecule has 134 valence electrons. The van der Waals surface area contributed by atoms with Crippen molar-refractivity contribution in [3.63, 3.8) is 0 Å². The summed E-state index contributed by atoms with van der Waals surface area (Å²) in [6.07, 6.45) is 2.85. The lowest BCUT2D eigenvalue weighted by Crippen LogP contribution is -2.45. The van der Waals surface area contributed by atoms with Crippen molar-refractivity contribution in [2.24, 2.45) is 4.99 Å². The molecule has 0 bridgehead atoms. The Bertz CT molecular complexity index is 679. The summed E-state index contributed by atoms with van der Waals surface area (Å²) in [5, 5.41) is 8.61. The number of para-hydroxylation sites is 2. The van der Waals surface area contributed by atoms with Crippen LogP contribution in [0.5, 0.6) is 11.5 Å². The van der Waals surface area contributed by atoms with Gasteiger partial charge in [-0.2, -0.15) is 0 Å². The van der Waals surface area contributed by atoms with Crippen molar-refractivity contribution in [2.75, 3.05) is 32.5 Å². The van der Waals surface area contributed by atoms with Gasteiger partial charge in [-0.3, -0.25) is 4.99 Å². The molecular weight excluding hydrogens is 356 g/mol. The van der Waals surface area contributed by atoms with Crippen molar-refractivity contribution in [1.82, 2.24) is 15.6 Å². The van der Waals surface area contributed by atoms with E-state index in [2.05, 4.69) is 20.6 Å². The van der Waals surface area contributed by atoms with Gasteiger partial charge in [-0.05, 0) is 18.6 Å². The van der Waals surface area contributed by atoms with Crippen LogP contribution in [0.3, 0.4) is 0 Å². The summed E-state index contributed by atoms with van der Waals surface area (Å²) in [5.41, 5.74) is 0. The van der Waals surface area contributed by atoms with Gasteiger partial charge < -0.3 is 20.1 Å². The monoisotopic (exact) mass is 378 g/mol. The first-order valence-electron chi connectivity index (χ1n) is 8.20. The van der Waals surface area contributed by atoms with Crippen LogP contribution in [0, 0.1) is 0 Å². The minimum Gasteiger partial charge on any atom is -0.486 e. The number of rotatable bonds is 7. The number of thioether (sulfide) groups is 1. The molecule has 3 rings (SSSR count). The Morgan fingerprint density at radius 2 is 2.24 bits per heavy atom. The molecule has 1 atom stereocenters.